The van der Waals surface area contributed by atoms with Crippen molar-refractivity contribution in [3.63, 3.8) is 0 Å². The van der Waals surface area contributed by atoms with Gasteiger partial charge in [0.15, 0.2) is 0 Å². The summed E-state index contributed by atoms with van der Waals surface area (Å²) in [5.41, 5.74) is 2.67. The van der Waals surface area contributed by atoms with Gasteiger partial charge in [0.1, 0.15) is 0 Å². The Morgan fingerprint density at radius 3 is 2.34 bits per heavy atom. The van der Waals surface area contributed by atoms with Gasteiger partial charge in [-0.3, -0.25) is 9.59 Å². The fraction of sp³-hybridized carbons (Fsp3) is 0.391. The Bertz CT molecular complexity index is 1070. The first-order chi connectivity index (χ1) is 15.0. The van der Waals surface area contributed by atoms with Gasteiger partial charge in [-0.2, -0.15) is 0 Å². The topological polar surface area (TPSA) is 108 Å². The molecule has 3 N–H and O–H groups in total. The van der Waals surface area contributed by atoms with Gasteiger partial charge in [0, 0.05) is 38.4 Å². The number of carbonyl (C=O) groups excluding carboxylic acids is 2. The number of nitrogens with one attached hydrogen (secondary N) is 3. The highest BCUT2D eigenvalue weighted by molar-refractivity contribution is 7.89. The lowest BCUT2D eigenvalue weighted by Crippen LogP contribution is -2.31. The van der Waals surface area contributed by atoms with Crippen molar-refractivity contribution >= 4 is 27.5 Å². The predicted octanol–water partition coefficient (Wildman–Crippen LogP) is 2.36. The van der Waals surface area contributed by atoms with Crippen LogP contribution in [0.5, 0.6) is 0 Å². The SMILES string of the molecule is Cc1cc(C(=O)NCC(C)C)ccc1NCC(=O)NCc1ccccc1S(=O)(=O)N(C)C. The van der Waals surface area contributed by atoms with Gasteiger partial charge in [-0.05, 0) is 48.2 Å². The molecule has 0 aromatic heterocycles. The van der Waals surface area contributed by atoms with Gasteiger partial charge in [0.25, 0.3) is 5.91 Å². The Morgan fingerprint density at radius 1 is 1.03 bits per heavy atom. The quantitative estimate of drug-likeness (QED) is 0.505. The van der Waals surface area contributed by atoms with Gasteiger partial charge < -0.3 is 16.0 Å². The van der Waals surface area contributed by atoms with E-state index in [1.165, 1.54) is 20.2 Å². The molecule has 0 saturated heterocycles. The van der Waals surface area contributed by atoms with E-state index < -0.39 is 10.0 Å². The van der Waals surface area contributed by atoms with Gasteiger partial charge in [-0.15, -0.1) is 0 Å². The molecular formula is C23H32N4O4S. The maximum Gasteiger partial charge on any atom is 0.251 e. The molecule has 0 unspecified atom stereocenters. The molecule has 0 radical (unpaired) electrons. The summed E-state index contributed by atoms with van der Waals surface area (Å²) in [6, 6.07) is 11.8. The third kappa shape index (κ3) is 6.80. The van der Waals surface area contributed by atoms with Crippen LogP contribution < -0.4 is 16.0 Å². The third-order valence-corrected chi connectivity index (χ3v) is 6.72. The van der Waals surface area contributed by atoms with Crippen molar-refractivity contribution in [2.75, 3.05) is 32.5 Å². The second-order valence-electron chi connectivity index (χ2n) is 8.16. The molecular weight excluding hydrogens is 428 g/mol. The lowest BCUT2D eigenvalue weighted by molar-refractivity contribution is -0.119. The first-order valence-corrected chi connectivity index (χ1v) is 11.9. The fourth-order valence-corrected chi connectivity index (χ4v) is 4.05. The normalized spacial score (nSPS) is 11.5. The van der Waals surface area contributed by atoms with Crippen LogP contribution in [0.3, 0.4) is 0 Å². The summed E-state index contributed by atoms with van der Waals surface area (Å²) in [4.78, 5) is 24.7. The Balaban J connectivity index is 1.95. The van der Waals surface area contributed by atoms with Crippen molar-refractivity contribution in [3.8, 4) is 0 Å². The van der Waals surface area contributed by atoms with Crippen molar-refractivity contribution in [2.24, 2.45) is 5.92 Å². The zero-order valence-electron chi connectivity index (χ0n) is 19.2. The smallest absolute Gasteiger partial charge is 0.251 e. The highest BCUT2D eigenvalue weighted by atomic mass is 32.2. The van der Waals surface area contributed by atoms with Crippen LogP contribution in [0, 0.1) is 12.8 Å². The summed E-state index contributed by atoms with van der Waals surface area (Å²) in [7, 11) is -0.666. The molecule has 0 bridgehead atoms. The van der Waals surface area contributed by atoms with Crippen LogP contribution in [0.15, 0.2) is 47.4 Å². The average Bonchev–Trinajstić information content (AvgIpc) is 2.75. The van der Waals surface area contributed by atoms with Gasteiger partial charge in [-0.25, -0.2) is 12.7 Å². The number of aryl methyl sites for hydroxylation is 1. The number of amides is 2. The maximum atomic E-state index is 12.5. The number of rotatable bonds is 10. The van der Waals surface area contributed by atoms with E-state index in [1.54, 1.807) is 36.4 Å². The molecule has 0 aliphatic heterocycles. The predicted molar refractivity (Wildman–Crippen MR) is 126 cm³/mol. The van der Waals surface area contributed by atoms with Crippen molar-refractivity contribution in [3.05, 3.63) is 59.2 Å². The molecule has 8 nitrogen and oxygen atoms in total. The van der Waals surface area contributed by atoms with Crippen LogP contribution >= 0.6 is 0 Å². The molecule has 0 saturated carbocycles. The number of nitrogens with zero attached hydrogens (tertiary/aromatic N) is 1. The van der Waals surface area contributed by atoms with E-state index in [0.29, 0.717) is 23.6 Å². The van der Waals surface area contributed by atoms with Crippen LogP contribution in [0.25, 0.3) is 0 Å². The van der Waals surface area contributed by atoms with Crippen LogP contribution in [0.4, 0.5) is 5.69 Å². The van der Waals surface area contributed by atoms with Crippen molar-refractivity contribution in [1.82, 2.24) is 14.9 Å². The largest absolute Gasteiger partial charge is 0.376 e. The lowest BCUT2D eigenvalue weighted by Gasteiger charge is -2.16. The summed E-state index contributed by atoms with van der Waals surface area (Å²) in [6.07, 6.45) is 0. The summed E-state index contributed by atoms with van der Waals surface area (Å²) in [6.45, 7) is 6.64. The van der Waals surface area contributed by atoms with Crippen molar-refractivity contribution < 1.29 is 18.0 Å². The van der Waals surface area contributed by atoms with E-state index in [2.05, 4.69) is 16.0 Å². The van der Waals surface area contributed by atoms with Gasteiger partial charge in [0.2, 0.25) is 15.9 Å². The first kappa shape index (κ1) is 25.4. The molecule has 0 aliphatic carbocycles. The average molecular weight is 461 g/mol. The van der Waals surface area contributed by atoms with E-state index >= 15 is 0 Å². The molecule has 9 heteroatoms. The molecule has 0 atom stereocenters. The molecule has 2 aromatic rings. The molecule has 2 rings (SSSR count). The summed E-state index contributed by atoms with van der Waals surface area (Å²) < 4.78 is 26.1. The van der Waals surface area contributed by atoms with E-state index in [0.717, 1.165) is 15.6 Å². The first-order valence-electron chi connectivity index (χ1n) is 10.4. The van der Waals surface area contributed by atoms with Gasteiger partial charge in [-0.1, -0.05) is 32.0 Å². The summed E-state index contributed by atoms with van der Waals surface area (Å²) in [5.74, 6) is -0.0351. The molecule has 174 valence electrons. The number of hydrogen-bond donors (Lipinski definition) is 3. The van der Waals surface area contributed by atoms with Crippen LogP contribution in [-0.4, -0.2) is 51.7 Å². The highest BCUT2D eigenvalue weighted by Crippen LogP contribution is 2.19. The van der Waals surface area contributed by atoms with Crippen LogP contribution in [0.1, 0.15) is 35.3 Å². The van der Waals surface area contributed by atoms with E-state index in [4.69, 9.17) is 0 Å². The summed E-state index contributed by atoms with van der Waals surface area (Å²) in [5, 5.41) is 8.69. The second kappa shape index (κ2) is 11.1. The Labute approximate surface area is 190 Å². The van der Waals surface area contributed by atoms with Crippen molar-refractivity contribution in [1.29, 1.82) is 0 Å². The number of benzene rings is 2. The maximum absolute atomic E-state index is 12.5. The zero-order valence-corrected chi connectivity index (χ0v) is 20.0. The van der Waals surface area contributed by atoms with Gasteiger partial charge in [0.05, 0.1) is 11.4 Å². The van der Waals surface area contributed by atoms with E-state index in [-0.39, 0.29) is 29.8 Å². The molecule has 0 heterocycles. The fourth-order valence-electron chi connectivity index (χ4n) is 2.93. The Hall–Kier alpha value is -2.91. The zero-order chi connectivity index (χ0) is 23.9. The molecule has 2 aromatic carbocycles. The minimum atomic E-state index is -3.60. The van der Waals surface area contributed by atoms with Crippen LogP contribution in [-0.2, 0) is 21.4 Å². The third-order valence-electron chi connectivity index (χ3n) is 4.81. The highest BCUT2D eigenvalue weighted by Gasteiger charge is 2.20. The molecule has 32 heavy (non-hydrogen) atoms. The molecule has 2 amide bonds. The number of anilines is 1. The van der Waals surface area contributed by atoms with Gasteiger partial charge >= 0.3 is 0 Å². The molecule has 0 fully saturated rings. The minimum absolute atomic E-state index is 0.0162. The molecule has 0 spiro atoms. The monoisotopic (exact) mass is 460 g/mol. The number of carbonyl (C=O) groups is 2. The number of hydrogen-bond acceptors (Lipinski definition) is 5. The summed E-state index contributed by atoms with van der Waals surface area (Å²) >= 11 is 0. The van der Waals surface area contributed by atoms with E-state index in [9.17, 15) is 18.0 Å². The van der Waals surface area contributed by atoms with E-state index in [1.807, 2.05) is 20.8 Å². The second-order valence-corrected chi connectivity index (χ2v) is 10.3. The molecule has 0 aliphatic rings. The minimum Gasteiger partial charge on any atom is -0.376 e. The Morgan fingerprint density at radius 2 is 1.72 bits per heavy atom. The Kier molecular flexibility index (Phi) is 8.80. The van der Waals surface area contributed by atoms with Crippen LogP contribution in [0.2, 0.25) is 0 Å². The number of sulfonamides is 1. The van der Waals surface area contributed by atoms with Crippen molar-refractivity contribution in [2.45, 2.75) is 32.2 Å². The standard InChI is InChI=1S/C23H32N4O4S/c1-16(2)13-26-23(29)18-10-11-20(17(3)12-18)24-15-22(28)25-14-19-8-6-7-9-21(19)32(30,31)27(4)5/h6-12,16,24H,13-15H2,1-5H3,(H,25,28)(H,26,29). The lowest BCUT2D eigenvalue weighted by atomic mass is 10.1.